The summed E-state index contributed by atoms with van der Waals surface area (Å²) < 4.78 is 18.3. The van der Waals surface area contributed by atoms with E-state index in [0.29, 0.717) is 11.3 Å². The van der Waals surface area contributed by atoms with Crippen molar-refractivity contribution in [3.05, 3.63) is 35.6 Å². The molecule has 1 aromatic carbocycles. The van der Waals surface area contributed by atoms with Gasteiger partial charge in [-0.3, -0.25) is 0 Å². The number of nitriles is 1. The third kappa shape index (κ3) is 2.35. The molecule has 2 rings (SSSR count). The highest BCUT2D eigenvalue weighted by atomic mass is 19.1. The molecule has 0 bridgehead atoms. The molecule has 0 spiro atoms. The first-order valence-corrected chi connectivity index (χ1v) is 5.02. The lowest BCUT2D eigenvalue weighted by atomic mass is 10.1. The van der Waals surface area contributed by atoms with Gasteiger partial charge in [-0.1, -0.05) is 0 Å². The van der Waals surface area contributed by atoms with E-state index in [0.717, 1.165) is 6.07 Å². The van der Waals surface area contributed by atoms with Gasteiger partial charge in [0.15, 0.2) is 0 Å². The predicted octanol–water partition coefficient (Wildman–Crippen LogP) is 1.75. The average Bonchev–Trinajstić information content (AvgIpc) is 2.37. The van der Waals surface area contributed by atoms with Crippen LogP contribution in [0.15, 0.2) is 24.3 Å². The second-order valence-corrected chi connectivity index (χ2v) is 3.49. The van der Waals surface area contributed by atoms with E-state index in [1.807, 2.05) is 6.07 Å². The number of aromatic nitrogens is 2. The fourth-order valence-electron chi connectivity index (χ4n) is 1.50. The fourth-order valence-corrected chi connectivity index (χ4v) is 1.50. The summed E-state index contributed by atoms with van der Waals surface area (Å²) >= 11 is 0. The van der Waals surface area contributed by atoms with Crippen molar-refractivity contribution in [3.8, 4) is 23.2 Å². The lowest BCUT2D eigenvalue weighted by Crippen LogP contribution is -1.99. The zero-order chi connectivity index (χ0) is 13.1. The van der Waals surface area contributed by atoms with E-state index in [1.165, 1.54) is 25.3 Å². The molecule has 2 aromatic rings. The van der Waals surface area contributed by atoms with Crippen LogP contribution in [-0.4, -0.2) is 17.1 Å². The molecule has 0 aliphatic carbocycles. The van der Waals surface area contributed by atoms with Crippen LogP contribution < -0.4 is 10.5 Å². The monoisotopic (exact) mass is 244 g/mol. The fraction of sp³-hybridized carbons (Fsp3) is 0.0833. The zero-order valence-corrected chi connectivity index (χ0v) is 9.51. The second-order valence-electron chi connectivity index (χ2n) is 3.49. The minimum atomic E-state index is -0.514. The van der Waals surface area contributed by atoms with Crippen molar-refractivity contribution in [1.29, 1.82) is 5.26 Å². The van der Waals surface area contributed by atoms with Gasteiger partial charge >= 0.3 is 0 Å². The van der Waals surface area contributed by atoms with E-state index in [1.54, 1.807) is 0 Å². The standard InChI is InChI=1S/C12H9FN4O/c1-18-11-5-10(16-12(15)17-11)8-2-7(6-14)3-9(13)4-8/h2-5H,1H3,(H2,15,16,17). The number of rotatable bonds is 2. The Labute approximate surface area is 103 Å². The van der Waals surface area contributed by atoms with Crippen molar-refractivity contribution in [2.45, 2.75) is 0 Å². The van der Waals surface area contributed by atoms with E-state index < -0.39 is 5.82 Å². The van der Waals surface area contributed by atoms with E-state index in [9.17, 15) is 4.39 Å². The van der Waals surface area contributed by atoms with Crippen LogP contribution in [-0.2, 0) is 0 Å². The molecule has 0 radical (unpaired) electrons. The normalized spacial score (nSPS) is 9.83. The summed E-state index contributed by atoms with van der Waals surface area (Å²) in [5, 5.41) is 8.79. The maximum absolute atomic E-state index is 13.3. The van der Waals surface area contributed by atoms with Gasteiger partial charge in [0, 0.05) is 11.6 Å². The number of methoxy groups -OCH3 is 1. The number of hydrogen-bond acceptors (Lipinski definition) is 5. The van der Waals surface area contributed by atoms with Gasteiger partial charge in [0.2, 0.25) is 11.8 Å². The number of hydrogen-bond donors (Lipinski definition) is 1. The number of ether oxygens (including phenoxy) is 1. The SMILES string of the molecule is COc1cc(-c2cc(F)cc(C#N)c2)nc(N)n1. The summed E-state index contributed by atoms with van der Waals surface area (Å²) in [6, 6.07) is 7.32. The van der Waals surface area contributed by atoms with Crippen LogP contribution in [0.2, 0.25) is 0 Å². The maximum atomic E-state index is 13.3. The lowest BCUT2D eigenvalue weighted by Gasteiger charge is -2.05. The van der Waals surface area contributed by atoms with Gasteiger partial charge in [-0.25, -0.2) is 9.37 Å². The van der Waals surface area contributed by atoms with Crippen LogP contribution in [0.5, 0.6) is 5.88 Å². The first-order chi connectivity index (χ1) is 8.62. The number of benzene rings is 1. The average molecular weight is 244 g/mol. The largest absolute Gasteiger partial charge is 0.481 e. The Hall–Kier alpha value is -2.68. The summed E-state index contributed by atoms with van der Waals surface area (Å²) in [6.07, 6.45) is 0. The highest BCUT2D eigenvalue weighted by molar-refractivity contribution is 5.63. The minimum absolute atomic E-state index is 0.0205. The van der Waals surface area contributed by atoms with Gasteiger partial charge in [0.1, 0.15) is 5.82 Å². The first-order valence-electron chi connectivity index (χ1n) is 5.02. The Bertz CT molecular complexity index is 636. The smallest absolute Gasteiger partial charge is 0.223 e. The van der Waals surface area contributed by atoms with Crippen LogP contribution in [0.1, 0.15) is 5.56 Å². The molecule has 18 heavy (non-hydrogen) atoms. The summed E-state index contributed by atoms with van der Waals surface area (Å²) in [6.45, 7) is 0. The highest BCUT2D eigenvalue weighted by Crippen LogP contribution is 2.23. The van der Waals surface area contributed by atoms with E-state index >= 15 is 0 Å². The summed E-state index contributed by atoms with van der Waals surface area (Å²) in [7, 11) is 1.44. The van der Waals surface area contributed by atoms with E-state index in [-0.39, 0.29) is 17.4 Å². The molecule has 6 heteroatoms. The number of anilines is 1. The molecule has 0 aliphatic rings. The maximum Gasteiger partial charge on any atom is 0.223 e. The van der Waals surface area contributed by atoms with Crippen molar-refractivity contribution in [1.82, 2.24) is 9.97 Å². The van der Waals surface area contributed by atoms with E-state index in [4.69, 9.17) is 15.7 Å². The summed E-state index contributed by atoms with van der Waals surface area (Å²) in [4.78, 5) is 7.81. The molecule has 2 N–H and O–H groups in total. The Kier molecular flexibility index (Phi) is 3.06. The Morgan fingerprint density at radius 2 is 2.06 bits per heavy atom. The molecule has 0 fully saturated rings. The lowest BCUT2D eigenvalue weighted by molar-refractivity contribution is 0.398. The van der Waals surface area contributed by atoms with Gasteiger partial charge in [-0.15, -0.1) is 0 Å². The number of nitrogens with two attached hydrogens (primary N) is 1. The quantitative estimate of drug-likeness (QED) is 0.869. The van der Waals surface area contributed by atoms with Gasteiger partial charge in [0.25, 0.3) is 0 Å². The molecule has 0 aliphatic heterocycles. The van der Waals surface area contributed by atoms with Crippen molar-refractivity contribution in [2.24, 2.45) is 0 Å². The Morgan fingerprint density at radius 1 is 1.28 bits per heavy atom. The van der Waals surface area contributed by atoms with E-state index in [2.05, 4.69) is 9.97 Å². The topological polar surface area (TPSA) is 84.8 Å². The van der Waals surface area contributed by atoms with Crippen LogP contribution in [0.4, 0.5) is 10.3 Å². The van der Waals surface area contributed by atoms with Crippen molar-refractivity contribution >= 4 is 5.95 Å². The third-order valence-electron chi connectivity index (χ3n) is 2.25. The zero-order valence-electron chi connectivity index (χ0n) is 9.51. The number of nitrogens with zero attached hydrogens (tertiary/aromatic N) is 3. The molecule has 0 unspecified atom stereocenters. The summed E-state index contributed by atoms with van der Waals surface area (Å²) in [5.41, 5.74) is 6.57. The van der Waals surface area contributed by atoms with Crippen LogP contribution >= 0.6 is 0 Å². The van der Waals surface area contributed by atoms with Crippen molar-refractivity contribution < 1.29 is 9.13 Å². The molecule has 0 saturated heterocycles. The summed E-state index contributed by atoms with van der Waals surface area (Å²) in [5.74, 6) is -0.215. The Morgan fingerprint density at radius 3 is 2.72 bits per heavy atom. The highest BCUT2D eigenvalue weighted by Gasteiger charge is 2.08. The number of halogens is 1. The molecule has 0 saturated carbocycles. The minimum Gasteiger partial charge on any atom is -0.481 e. The van der Waals surface area contributed by atoms with Gasteiger partial charge in [-0.05, 0) is 18.2 Å². The Balaban J connectivity index is 2.58. The molecule has 1 aromatic heterocycles. The number of nitrogen functional groups attached to an aromatic ring is 1. The molecule has 90 valence electrons. The second kappa shape index (κ2) is 4.67. The molecule has 1 heterocycles. The van der Waals surface area contributed by atoms with Gasteiger partial charge in [0.05, 0.1) is 24.4 Å². The van der Waals surface area contributed by atoms with Crippen molar-refractivity contribution in [3.63, 3.8) is 0 Å². The van der Waals surface area contributed by atoms with Gasteiger partial charge < -0.3 is 10.5 Å². The van der Waals surface area contributed by atoms with Crippen LogP contribution in [0.3, 0.4) is 0 Å². The molecular weight excluding hydrogens is 235 g/mol. The molecule has 5 nitrogen and oxygen atoms in total. The molecular formula is C12H9FN4O. The van der Waals surface area contributed by atoms with Gasteiger partial charge in [-0.2, -0.15) is 10.2 Å². The molecule has 0 amide bonds. The van der Waals surface area contributed by atoms with Crippen LogP contribution in [0, 0.1) is 17.1 Å². The van der Waals surface area contributed by atoms with Crippen LogP contribution in [0.25, 0.3) is 11.3 Å². The first kappa shape index (κ1) is 11.8. The third-order valence-corrected chi connectivity index (χ3v) is 2.25. The van der Waals surface area contributed by atoms with Crippen molar-refractivity contribution in [2.75, 3.05) is 12.8 Å². The predicted molar refractivity (Wildman–Crippen MR) is 63.1 cm³/mol. The molecule has 0 atom stereocenters.